The molecule has 0 spiro atoms. The molecule has 4 heteroatoms. The van der Waals surface area contributed by atoms with E-state index in [1.165, 1.54) is 7.11 Å². The van der Waals surface area contributed by atoms with E-state index < -0.39 is 0 Å². The SMILES string of the molecule is COc1ccccc1N(Cl)OC. The molecule has 0 unspecified atom stereocenters. The number of ether oxygens (including phenoxy) is 1. The average Bonchev–Trinajstić information content (AvgIpc) is 2.16. The predicted octanol–water partition coefficient (Wildman–Crippen LogP) is 2.22. The molecule has 0 saturated heterocycles. The summed E-state index contributed by atoms with van der Waals surface area (Å²) < 4.78 is 6.19. The van der Waals surface area contributed by atoms with Crippen molar-refractivity contribution in [3.8, 4) is 5.75 Å². The summed E-state index contributed by atoms with van der Waals surface area (Å²) in [7, 11) is 3.07. The maximum absolute atomic E-state index is 5.71. The van der Waals surface area contributed by atoms with Gasteiger partial charge in [0.25, 0.3) is 0 Å². The fourth-order valence-electron chi connectivity index (χ4n) is 0.873. The molecular formula is C8H10ClNO2. The van der Waals surface area contributed by atoms with Crippen LogP contribution in [0.15, 0.2) is 24.3 Å². The molecule has 0 N–H and O–H groups in total. The highest BCUT2D eigenvalue weighted by atomic mass is 35.5. The van der Waals surface area contributed by atoms with Crippen molar-refractivity contribution in [1.29, 1.82) is 0 Å². The van der Waals surface area contributed by atoms with Crippen LogP contribution in [0.25, 0.3) is 0 Å². The van der Waals surface area contributed by atoms with Crippen molar-refractivity contribution in [3.05, 3.63) is 24.3 Å². The first-order valence-electron chi connectivity index (χ1n) is 3.42. The van der Waals surface area contributed by atoms with Gasteiger partial charge < -0.3 is 4.74 Å². The van der Waals surface area contributed by atoms with Gasteiger partial charge in [0.2, 0.25) is 0 Å². The number of hydrogen-bond donors (Lipinski definition) is 0. The smallest absolute Gasteiger partial charge is 0.146 e. The minimum absolute atomic E-state index is 0.675. The van der Waals surface area contributed by atoms with Gasteiger partial charge >= 0.3 is 0 Å². The summed E-state index contributed by atoms with van der Waals surface area (Å²) in [5, 5.41) is 0. The molecule has 1 rings (SSSR count). The number of anilines is 1. The van der Waals surface area contributed by atoms with Crippen molar-refractivity contribution in [1.82, 2.24) is 0 Å². The second kappa shape index (κ2) is 4.18. The average molecular weight is 188 g/mol. The first-order chi connectivity index (χ1) is 5.79. The molecule has 0 heterocycles. The van der Waals surface area contributed by atoms with Gasteiger partial charge in [0.15, 0.2) is 0 Å². The van der Waals surface area contributed by atoms with Crippen LogP contribution >= 0.6 is 11.8 Å². The van der Waals surface area contributed by atoms with Crippen molar-refractivity contribution in [2.45, 2.75) is 0 Å². The van der Waals surface area contributed by atoms with Crippen molar-refractivity contribution in [3.63, 3.8) is 0 Å². The zero-order chi connectivity index (χ0) is 8.97. The molecule has 12 heavy (non-hydrogen) atoms. The molecule has 0 aliphatic rings. The lowest BCUT2D eigenvalue weighted by molar-refractivity contribution is 0.218. The van der Waals surface area contributed by atoms with Crippen molar-refractivity contribution in [2.75, 3.05) is 18.8 Å². The van der Waals surface area contributed by atoms with E-state index in [4.69, 9.17) is 21.4 Å². The molecule has 0 aromatic heterocycles. The number of nitrogens with zero attached hydrogens (tertiary/aromatic N) is 1. The Kier molecular flexibility index (Phi) is 3.19. The molecule has 0 bridgehead atoms. The second-order valence-corrected chi connectivity index (χ2v) is 2.41. The third-order valence-electron chi connectivity index (χ3n) is 1.43. The largest absolute Gasteiger partial charge is 0.494 e. The second-order valence-electron chi connectivity index (χ2n) is 2.10. The highest BCUT2D eigenvalue weighted by Crippen LogP contribution is 2.28. The Balaban J connectivity index is 2.96. The summed E-state index contributed by atoms with van der Waals surface area (Å²) in [6.07, 6.45) is 0. The Morgan fingerprint density at radius 2 is 1.92 bits per heavy atom. The first-order valence-corrected chi connectivity index (χ1v) is 3.76. The molecule has 0 radical (unpaired) electrons. The quantitative estimate of drug-likeness (QED) is 0.535. The summed E-state index contributed by atoms with van der Waals surface area (Å²) >= 11 is 5.71. The van der Waals surface area contributed by atoms with E-state index in [1.54, 1.807) is 13.2 Å². The summed E-state index contributed by atoms with van der Waals surface area (Å²) in [5.41, 5.74) is 0.684. The van der Waals surface area contributed by atoms with Gasteiger partial charge in [0.1, 0.15) is 11.4 Å². The van der Waals surface area contributed by atoms with Gasteiger partial charge in [-0.15, -0.1) is 0 Å². The van der Waals surface area contributed by atoms with Crippen LogP contribution < -0.4 is 9.32 Å². The van der Waals surface area contributed by atoms with Crippen molar-refractivity contribution in [2.24, 2.45) is 0 Å². The van der Waals surface area contributed by atoms with Gasteiger partial charge in [-0.2, -0.15) is 4.58 Å². The lowest BCUT2D eigenvalue weighted by atomic mass is 10.3. The van der Waals surface area contributed by atoms with Crippen molar-refractivity contribution >= 4 is 17.5 Å². The molecule has 66 valence electrons. The van der Waals surface area contributed by atoms with E-state index in [9.17, 15) is 0 Å². The highest BCUT2D eigenvalue weighted by molar-refractivity contribution is 6.24. The van der Waals surface area contributed by atoms with Crippen LogP contribution in [0, 0.1) is 0 Å². The number of halogens is 1. The van der Waals surface area contributed by atoms with Crippen LogP contribution in [0.3, 0.4) is 0 Å². The minimum Gasteiger partial charge on any atom is -0.494 e. The molecule has 0 saturated carbocycles. The lowest BCUT2D eigenvalue weighted by Crippen LogP contribution is -2.08. The van der Waals surface area contributed by atoms with Crippen LogP contribution in [-0.2, 0) is 4.84 Å². The fraction of sp³-hybridized carbons (Fsp3) is 0.250. The number of hydrogen-bond acceptors (Lipinski definition) is 3. The minimum atomic E-state index is 0.675. The Hall–Kier alpha value is -0.930. The Labute approximate surface area is 76.5 Å². The molecule has 0 aliphatic heterocycles. The van der Waals surface area contributed by atoms with E-state index in [0.29, 0.717) is 11.4 Å². The highest BCUT2D eigenvalue weighted by Gasteiger charge is 2.07. The summed E-state index contributed by atoms with van der Waals surface area (Å²) in [4.78, 5) is 4.80. The lowest BCUT2D eigenvalue weighted by Gasteiger charge is -2.14. The molecule has 0 aliphatic carbocycles. The zero-order valence-corrected chi connectivity index (χ0v) is 7.71. The van der Waals surface area contributed by atoms with Gasteiger partial charge in [-0.3, -0.25) is 4.84 Å². The van der Waals surface area contributed by atoms with Crippen molar-refractivity contribution < 1.29 is 9.57 Å². The normalized spacial score (nSPS) is 9.58. The molecule has 0 amide bonds. The number of methoxy groups -OCH3 is 1. The number of benzene rings is 1. The maximum Gasteiger partial charge on any atom is 0.146 e. The summed E-state index contributed by atoms with van der Waals surface area (Å²) in [5.74, 6) is 0.675. The van der Waals surface area contributed by atoms with E-state index in [-0.39, 0.29) is 0 Å². The fourth-order valence-corrected chi connectivity index (χ4v) is 1.01. The van der Waals surface area contributed by atoms with Gasteiger partial charge in [-0.05, 0) is 12.1 Å². The van der Waals surface area contributed by atoms with Crippen LogP contribution in [0.5, 0.6) is 5.75 Å². The standard InChI is InChI=1S/C8H10ClNO2/c1-11-8-6-4-3-5-7(8)10(9)12-2/h3-6H,1-2H3. The van der Waals surface area contributed by atoms with Gasteiger partial charge in [-0.1, -0.05) is 12.1 Å². The van der Waals surface area contributed by atoms with E-state index in [2.05, 4.69) is 0 Å². The third-order valence-corrected chi connectivity index (χ3v) is 1.75. The maximum atomic E-state index is 5.71. The van der Waals surface area contributed by atoms with Gasteiger partial charge in [-0.25, -0.2) is 0 Å². The molecule has 3 nitrogen and oxygen atoms in total. The molecular weight excluding hydrogens is 178 g/mol. The Morgan fingerprint density at radius 3 is 2.50 bits per heavy atom. The molecule has 1 aromatic carbocycles. The Morgan fingerprint density at radius 1 is 1.25 bits per heavy atom. The summed E-state index contributed by atoms with van der Waals surface area (Å²) in [6.45, 7) is 0. The van der Waals surface area contributed by atoms with E-state index >= 15 is 0 Å². The predicted molar refractivity (Wildman–Crippen MR) is 48.3 cm³/mol. The van der Waals surface area contributed by atoms with Gasteiger partial charge in [0.05, 0.1) is 14.2 Å². The monoisotopic (exact) mass is 187 g/mol. The Bertz CT molecular complexity index is 255. The summed E-state index contributed by atoms with van der Waals surface area (Å²) in [6, 6.07) is 7.33. The number of para-hydroxylation sites is 2. The van der Waals surface area contributed by atoms with E-state index in [0.717, 1.165) is 4.58 Å². The van der Waals surface area contributed by atoms with Gasteiger partial charge in [0, 0.05) is 11.8 Å². The topological polar surface area (TPSA) is 21.7 Å². The molecule has 1 aromatic rings. The zero-order valence-electron chi connectivity index (χ0n) is 6.95. The van der Waals surface area contributed by atoms with Crippen LogP contribution in [-0.4, -0.2) is 14.2 Å². The molecule has 0 atom stereocenters. The van der Waals surface area contributed by atoms with Crippen LogP contribution in [0.1, 0.15) is 0 Å². The van der Waals surface area contributed by atoms with Crippen LogP contribution in [0.4, 0.5) is 5.69 Å². The van der Waals surface area contributed by atoms with E-state index in [1.807, 2.05) is 18.2 Å². The third kappa shape index (κ3) is 1.81. The number of rotatable bonds is 3. The first kappa shape index (κ1) is 9.16. The van der Waals surface area contributed by atoms with Crippen LogP contribution in [0.2, 0.25) is 0 Å². The molecule has 0 fully saturated rings.